The van der Waals surface area contributed by atoms with Gasteiger partial charge in [0.15, 0.2) is 6.61 Å². The fraction of sp³-hybridized carbons (Fsp3) is 0.312. The second-order valence-electron chi connectivity index (χ2n) is 5.18. The summed E-state index contributed by atoms with van der Waals surface area (Å²) in [4.78, 5) is 28.5. The van der Waals surface area contributed by atoms with E-state index in [1.165, 1.54) is 11.3 Å². The van der Waals surface area contributed by atoms with Gasteiger partial charge in [0.1, 0.15) is 4.88 Å². The number of carbonyl (C=O) groups excluding carboxylic acids is 2. The molecule has 0 aliphatic rings. The Hall–Kier alpha value is -1.63. The molecule has 0 fully saturated rings. The van der Waals surface area contributed by atoms with Crippen molar-refractivity contribution >= 4 is 46.4 Å². The van der Waals surface area contributed by atoms with E-state index in [1.807, 2.05) is 0 Å². The van der Waals surface area contributed by atoms with Crippen LogP contribution in [-0.2, 0) is 9.53 Å². The van der Waals surface area contributed by atoms with E-state index in [4.69, 9.17) is 27.9 Å². The van der Waals surface area contributed by atoms with Gasteiger partial charge in [0.2, 0.25) is 0 Å². The van der Waals surface area contributed by atoms with Crippen LogP contribution in [0, 0.1) is 13.8 Å². The van der Waals surface area contributed by atoms with Gasteiger partial charge in [-0.05, 0) is 38.5 Å². The Kier molecular flexibility index (Phi) is 6.21. The van der Waals surface area contributed by atoms with Gasteiger partial charge in [-0.15, -0.1) is 11.3 Å². The topological polar surface area (TPSA) is 68.3 Å². The Morgan fingerprint density at radius 1 is 1.33 bits per heavy atom. The number of ether oxygens (including phenoxy) is 1. The van der Waals surface area contributed by atoms with Crippen LogP contribution in [0.1, 0.15) is 38.9 Å². The lowest BCUT2D eigenvalue weighted by atomic mass is 10.1. The number of amides is 1. The number of thiazole rings is 1. The Morgan fingerprint density at radius 3 is 2.62 bits per heavy atom. The third-order valence-corrected chi connectivity index (χ3v) is 4.85. The van der Waals surface area contributed by atoms with Crippen molar-refractivity contribution in [3.8, 4) is 0 Å². The molecule has 1 heterocycles. The number of aromatic nitrogens is 1. The number of nitrogens with one attached hydrogen (secondary N) is 1. The molecule has 5 nitrogen and oxygen atoms in total. The van der Waals surface area contributed by atoms with E-state index < -0.39 is 11.9 Å². The van der Waals surface area contributed by atoms with Crippen molar-refractivity contribution in [1.29, 1.82) is 0 Å². The highest BCUT2D eigenvalue weighted by molar-refractivity contribution is 7.13. The molecule has 2 aromatic rings. The van der Waals surface area contributed by atoms with Crippen LogP contribution in [0.5, 0.6) is 0 Å². The van der Waals surface area contributed by atoms with Gasteiger partial charge in [-0.2, -0.15) is 0 Å². The summed E-state index contributed by atoms with van der Waals surface area (Å²) in [5.41, 5.74) is 1.33. The van der Waals surface area contributed by atoms with Gasteiger partial charge < -0.3 is 10.1 Å². The summed E-state index contributed by atoms with van der Waals surface area (Å²) in [6.45, 7) is 4.94. The summed E-state index contributed by atoms with van der Waals surface area (Å²) >= 11 is 13.2. The molecule has 0 aliphatic carbocycles. The Labute approximate surface area is 153 Å². The number of esters is 1. The highest BCUT2D eigenvalue weighted by atomic mass is 35.5. The molecular formula is C16H16Cl2N2O3S. The highest BCUT2D eigenvalue weighted by Gasteiger charge is 2.18. The van der Waals surface area contributed by atoms with E-state index in [1.54, 1.807) is 39.0 Å². The van der Waals surface area contributed by atoms with Crippen molar-refractivity contribution in [3.63, 3.8) is 0 Å². The van der Waals surface area contributed by atoms with E-state index in [0.29, 0.717) is 20.6 Å². The first-order valence-electron chi connectivity index (χ1n) is 7.13. The van der Waals surface area contributed by atoms with Gasteiger partial charge in [-0.1, -0.05) is 29.3 Å². The van der Waals surface area contributed by atoms with Crippen LogP contribution in [0.4, 0.5) is 0 Å². The quantitative estimate of drug-likeness (QED) is 0.785. The first kappa shape index (κ1) is 18.7. The molecule has 0 saturated heterocycles. The molecule has 0 bridgehead atoms. The number of nitrogens with zero attached hydrogens (tertiary/aromatic N) is 1. The van der Waals surface area contributed by atoms with Crippen molar-refractivity contribution in [2.24, 2.45) is 0 Å². The van der Waals surface area contributed by atoms with Crippen LogP contribution in [0.2, 0.25) is 10.0 Å². The molecule has 1 aromatic carbocycles. The van der Waals surface area contributed by atoms with Gasteiger partial charge in [0, 0.05) is 10.0 Å². The van der Waals surface area contributed by atoms with Crippen LogP contribution in [0.25, 0.3) is 0 Å². The molecule has 1 N–H and O–H groups in total. The summed E-state index contributed by atoms with van der Waals surface area (Å²) in [6, 6.07) is 4.70. The summed E-state index contributed by atoms with van der Waals surface area (Å²) < 4.78 is 5.04. The summed E-state index contributed by atoms with van der Waals surface area (Å²) in [7, 11) is 0. The number of hydrogen-bond acceptors (Lipinski definition) is 5. The molecular weight excluding hydrogens is 371 g/mol. The van der Waals surface area contributed by atoms with Gasteiger partial charge in [0.05, 0.1) is 16.7 Å². The van der Waals surface area contributed by atoms with Crippen LogP contribution in [-0.4, -0.2) is 23.5 Å². The number of hydrogen-bond donors (Lipinski definition) is 1. The molecule has 1 unspecified atom stereocenters. The van der Waals surface area contributed by atoms with Crippen LogP contribution in [0.3, 0.4) is 0 Å². The molecule has 1 aromatic heterocycles. The average molecular weight is 387 g/mol. The van der Waals surface area contributed by atoms with Crippen molar-refractivity contribution in [3.05, 3.63) is 49.4 Å². The molecule has 1 amide bonds. The molecule has 1 atom stereocenters. The molecule has 2 rings (SSSR count). The number of aryl methyl sites for hydroxylation is 2. The smallest absolute Gasteiger partial charge is 0.350 e. The third-order valence-electron chi connectivity index (χ3n) is 3.23. The summed E-state index contributed by atoms with van der Waals surface area (Å²) in [6.07, 6.45) is 0. The fourth-order valence-corrected chi connectivity index (χ4v) is 3.52. The second kappa shape index (κ2) is 7.96. The van der Waals surface area contributed by atoms with E-state index in [0.717, 1.165) is 10.6 Å². The zero-order valence-electron chi connectivity index (χ0n) is 13.4. The van der Waals surface area contributed by atoms with Crippen molar-refractivity contribution in [2.45, 2.75) is 26.8 Å². The minimum absolute atomic E-state index is 0.339. The second-order valence-corrected chi connectivity index (χ2v) is 7.23. The van der Waals surface area contributed by atoms with Crippen LogP contribution >= 0.6 is 34.5 Å². The zero-order valence-corrected chi connectivity index (χ0v) is 15.7. The molecule has 0 saturated carbocycles. The lowest BCUT2D eigenvalue weighted by molar-refractivity contribution is -0.124. The molecule has 8 heteroatoms. The van der Waals surface area contributed by atoms with Crippen LogP contribution in [0.15, 0.2) is 18.2 Å². The predicted molar refractivity (Wildman–Crippen MR) is 94.9 cm³/mol. The zero-order chi connectivity index (χ0) is 17.9. The van der Waals surface area contributed by atoms with Crippen molar-refractivity contribution in [2.75, 3.05) is 6.61 Å². The van der Waals surface area contributed by atoms with Crippen molar-refractivity contribution < 1.29 is 14.3 Å². The lowest BCUT2D eigenvalue weighted by Gasteiger charge is -2.16. The standard InChI is InChI=1S/C16H16Cl2N2O3S/c1-8(12-5-4-11(17)6-13(12)18)20-14(21)7-23-16(22)15-9(2)19-10(3)24-15/h4-6,8H,7H2,1-3H3,(H,20,21). The maximum absolute atomic E-state index is 12.0. The fourth-order valence-electron chi connectivity index (χ4n) is 2.13. The average Bonchev–Trinajstić information content (AvgIpc) is 2.83. The Morgan fingerprint density at radius 2 is 2.04 bits per heavy atom. The number of benzene rings is 1. The van der Waals surface area contributed by atoms with E-state index >= 15 is 0 Å². The highest BCUT2D eigenvalue weighted by Crippen LogP contribution is 2.26. The first-order valence-corrected chi connectivity index (χ1v) is 8.70. The van der Waals surface area contributed by atoms with Gasteiger partial charge >= 0.3 is 5.97 Å². The minimum Gasteiger partial charge on any atom is -0.451 e. The summed E-state index contributed by atoms with van der Waals surface area (Å²) in [5.74, 6) is -0.966. The molecule has 0 aliphatic heterocycles. The predicted octanol–water partition coefficient (Wildman–Crippen LogP) is 4.10. The Balaban J connectivity index is 1.91. The SMILES string of the molecule is Cc1nc(C)c(C(=O)OCC(=O)NC(C)c2ccc(Cl)cc2Cl)s1. The van der Waals surface area contributed by atoms with E-state index in [-0.39, 0.29) is 12.6 Å². The van der Waals surface area contributed by atoms with E-state index in [9.17, 15) is 9.59 Å². The summed E-state index contributed by atoms with van der Waals surface area (Å²) in [5, 5.41) is 4.48. The number of rotatable bonds is 5. The minimum atomic E-state index is -0.551. The lowest BCUT2D eigenvalue weighted by Crippen LogP contribution is -2.31. The largest absolute Gasteiger partial charge is 0.451 e. The number of carbonyl (C=O) groups is 2. The normalized spacial score (nSPS) is 11.9. The van der Waals surface area contributed by atoms with Gasteiger partial charge in [0.25, 0.3) is 5.91 Å². The number of halogens is 2. The first-order chi connectivity index (χ1) is 11.3. The van der Waals surface area contributed by atoms with Gasteiger partial charge in [-0.25, -0.2) is 9.78 Å². The molecule has 24 heavy (non-hydrogen) atoms. The Bertz CT molecular complexity index is 777. The van der Waals surface area contributed by atoms with Gasteiger partial charge in [-0.3, -0.25) is 4.79 Å². The van der Waals surface area contributed by atoms with E-state index in [2.05, 4.69) is 10.3 Å². The maximum atomic E-state index is 12.0. The monoisotopic (exact) mass is 386 g/mol. The molecule has 0 spiro atoms. The van der Waals surface area contributed by atoms with Crippen LogP contribution < -0.4 is 5.32 Å². The van der Waals surface area contributed by atoms with Crippen molar-refractivity contribution in [1.82, 2.24) is 10.3 Å². The maximum Gasteiger partial charge on any atom is 0.350 e. The molecule has 0 radical (unpaired) electrons. The third kappa shape index (κ3) is 4.69. The molecule has 128 valence electrons.